The highest BCUT2D eigenvalue weighted by molar-refractivity contribution is 5.06. The molecule has 0 saturated carbocycles. The third-order valence-corrected chi connectivity index (χ3v) is 2.78. The molecule has 0 bridgehead atoms. The Balaban J connectivity index is 2.53. The summed E-state index contributed by atoms with van der Waals surface area (Å²) in [4.78, 5) is 11.6. The van der Waals surface area contributed by atoms with Crippen molar-refractivity contribution >= 4 is 0 Å². The summed E-state index contributed by atoms with van der Waals surface area (Å²) in [5.41, 5.74) is 0. The molecule has 15 heavy (non-hydrogen) atoms. The van der Waals surface area contributed by atoms with Crippen molar-refractivity contribution in [1.82, 2.24) is 4.90 Å². The van der Waals surface area contributed by atoms with Crippen molar-refractivity contribution in [2.75, 3.05) is 14.1 Å². The van der Waals surface area contributed by atoms with Crippen LogP contribution in [-0.4, -0.2) is 24.8 Å². The molecule has 0 fully saturated rings. The van der Waals surface area contributed by atoms with Crippen molar-refractivity contribution in [2.45, 2.75) is 25.6 Å². The third-order valence-electron chi connectivity index (χ3n) is 2.78. The van der Waals surface area contributed by atoms with Crippen molar-refractivity contribution in [3.8, 4) is 0 Å². The summed E-state index contributed by atoms with van der Waals surface area (Å²) in [6, 6.07) is 8.07. The molecule has 0 radical (unpaired) electrons. The van der Waals surface area contributed by atoms with Crippen molar-refractivity contribution in [3.05, 3.63) is 35.0 Å². The van der Waals surface area contributed by atoms with Gasteiger partial charge in [-0.25, -0.2) is 9.98 Å². The number of para-hydroxylation sites is 2. The van der Waals surface area contributed by atoms with Gasteiger partial charge in [0.1, 0.15) is 0 Å². The smallest absolute Gasteiger partial charge is 0.207 e. The number of nitrogens with zero attached hydrogens (tertiary/aromatic N) is 3. The van der Waals surface area contributed by atoms with Gasteiger partial charge in [0.25, 0.3) is 0 Å². The van der Waals surface area contributed by atoms with E-state index in [1.165, 1.54) is 0 Å². The molecule has 1 aliphatic heterocycles. The number of hydrogen-bond donors (Lipinski definition) is 0. The average Bonchev–Trinajstić information content (AvgIpc) is 2.57. The van der Waals surface area contributed by atoms with E-state index >= 15 is 0 Å². The van der Waals surface area contributed by atoms with Crippen LogP contribution in [0.5, 0.6) is 0 Å². The van der Waals surface area contributed by atoms with Gasteiger partial charge in [-0.05, 0) is 26.2 Å². The zero-order chi connectivity index (χ0) is 10.9. The SMILES string of the molecule is CCCC1(N(C)C)N=c2ccccc2=N1. The molecule has 0 aliphatic carbocycles. The summed E-state index contributed by atoms with van der Waals surface area (Å²) < 4.78 is 0. The lowest BCUT2D eigenvalue weighted by Crippen LogP contribution is -2.40. The second-order valence-corrected chi connectivity index (χ2v) is 4.13. The quantitative estimate of drug-likeness (QED) is 0.719. The van der Waals surface area contributed by atoms with Gasteiger partial charge in [0.15, 0.2) is 0 Å². The zero-order valence-electron chi connectivity index (χ0n) is 9.57. The molecular weight excluding hydrogens is 186 g/mol. The molecule has 0 aromatic heterocycles. The fourth-order valence-corrected chi connectivity index (χ4v) is 1.93. The maximum absolute atomic E-state index is 4.73. The van der Waals surface area contributed by atoms with Crippen LogP contribution in [-0.2, 0) is 0 Å². The summed E-state index contributed by atoms with van der Waals surface area (Å²) in [6.07, 6.45) is 2.05. The van der Waals surface area contributed by atoms with Crippen LogP contribution in [0, 0.1) is 0 Å². The molecule has 1 aromatic carbocycles. The lowest BCUT2D eigenvalue weighted by Gasteiger charge is -2.29. The van der Waals surface area contributed by atoms with E-state index in [4.69, 9.17) is 9.98 Å². The van der Waals surface area contributed by atoms with E-state index in [1.807, 2.05) is 38.4 Å². The summed E-state index contributed by atoms with van der Waals surface area (Å²) in [5.74, 6) is -0.363. The zero-order valence-corrected chi connectivity index (χ0v) is 9.57. The molecule has 0 saturated heterocycles. The average molecular weight is 203 g/mol. The van der Waals surface area contributed by atoms with Crippen LogP contribution in [0.3, 0.4) is 0 Å². The first-order valence-electron chi connectivity index (χ1n) is 5.40. The van der Waals surface area contributed by atoms with Crippen LogP contribution in [0.25, 0.3) is 0 Å². The van der Waals surface area contributed by atoms with E-state index in [1.54, 1.807) is 0 Å². The molecule has 0 atom stereocenters. The Kier molecular flexibility index (Phi) is 2.57. The summed E-state index contributed by atoms with van der Waals surface area (Å²) in [5, 5.41) is 2.03. The molecule has 80 valence electrons. The molecular formula is C12H17N3. The Morgan fingerprint density at radius 3 is 2.07 bits per heavy atom. The topological polar surface area (TPSA) is 28.0 Å². The minimum atomic E-state index is -0.363. The minimum Gasteiger partial charge on any atom is -0.267 e. The second kappa shape index (κ2) is 3.74. The van der Waals surface area contributed by atoms with E-state index < -0.39 is 0 Å². The van der Waals surface area contributed by atoms with Gasteiger partial charge in [0.2, 0.25) is 5.79 Å². The molecule has 1 heterocycles. The van der Waals surface area contributed by atoms with Crippen molar-refractivity contribution in [3.63, 3.8) is 0 Å². The van der Waals surface area contributed by atoms with Crippen molar-refractivity contribution < 1.29 is 0 Å². The first-order valence-corrected chi connectivity index (χ1v) is 5.40. The molecule has 0 amide bonds. The van der Waals surface area contributed by atoms with Gasteiger partial charge in [0, 0.05) is 6.42 Å². The highest BCUT2D eigenvalue weighted by Gasteiger charge is 2.32. The van der Waals surface area contributed by atoms with E-state index in [0.717, 1.165) is 23.6 Å². The number of rotatable bonds is 3. The molecule has 0 spiro atoms. The standard InChI is InChI=1S/C12H17N3/c1-4-9-12(15(2)3)13-10-7-5-6-8-11(10)14-12/h5-8H,4,9H2,1-3H3. The van der Waals surface area contributed by atoms with Crippen molar-refractivity contribution in [2.24, 2.45) is 9.98 Å². The largest absolute Gasteiger partial charge is 0.267 e. The Hall–Kier alpha value is -1.22. The highest BCUT2D eigenvalue weighted by atomic mass is 15.4. The van der Waals surface area contributed by atoms with Gasteiger partial charge in [-0.15, -0.1) is 0 Å². The van der Waals surface area contributed by atoms with Crippen LogP contribution < -0.4 is 10.7 Å². The first kappa shape index (κ1) is 10.3. The summed E-state index contributed by atoms with van der Waals surface area (Å²) >= 11 is 0. The molecule has 1 aromatic rings. The van der Waals surface area contributed by atoms with Gasteiger partial charge < -0.3 is 0 Å². The fourth-order valence-electron chi connectivity index (χ4n) is 1.93. The molecule has 0 N–H and O–H groups in total. The maximum Gasteiger partial charge on any atom is 0.207 e. The molecule has 2 rings (SSSR count). The minimum absolute atomic E-state index is 0.363. The third kappa shape index (κ3) is 1.67. The molecule has 1 aliphatic rings. The monoisotopic (exact) mass is 203 g/mol. The van der Waals surface area contributed by atoms with Crippen LogP contribution >= 0.6 is 0 Å². The fraction of sp³-hybridized carbons (Fsp3) is 0.500. The van der Waals surface area contributed by atoms with Crippen LogP contribution in [0.1, 0.15) is 19.8 Å². The first-order chi connectivity index (χ1) is 7.18. The van der Waals surface area contributed by atoms with Crippen LogP contribution in [0.4, 0.5) is 0 Å². The van der Waals surface area contributed by atoms with E-state index in [2.05, 4.69) is 11.8 Å². The Labute approximate surface area is 90.2 Å². The molecule has 3 heteroatoms. The number of fused-ring (bicyclic) bond motifs is 1. The molecule has 3 nitrogen and oxygen atoms in total. The Morgan fingerprint density at radius 2 is 1.67 bits per heavy atom. The molecule has 0 unspecified atom stereocenters. The van der Waals surface area contributed by atoms with E-state index in [-0.39, 0.29) is 5.79 Å². The summed E-state index contributed by atoms with van der Waals surface area (Å²) in [6.45, 7) is 2.17. The van der Waals surface area contributed by atoms with Gasteiger partial charge in [-0.2, -0.15) is 0 Å². The van der Waals surface area contributed by atoms with Gasteiger partial charge in [0.05, 0.1) is 10.7 Å². The van der Waals surface area contributed by atoms with Gasteiger partial charge in [-0.1, -0.05) is 25.5 Å². The van der Waals surface area contributed by atoms with Gasteiger partial charge >= 0.3 is 0 Å². The normalized spacial score (nSPS) is 17.1. The lowest BCUT2D eigenvalue weighted by atomic mass is 10.2. The van der Waals surface area contributed by atoms with Gasteiger partial charge in [-0.3, -0.25) is 4.90 Å². The summed E-state index contributed by atoms with van der Waals surface area (Å²) in [7, 11) is 4.07. The van der Waals surface area contributed by atoms with E-state index in [9.17, 15) is 0 Å². The maximum atomic E-state index is 4.73. The Bertz CT molecular complexity index is 427. The highest BCUT2D eigenvalue weighted by Crippen LogP contribution is 2.22. The van der Waals surface area contributed by atoms with Crippen molar-refractivity contribution in [1.29, 1.82) is 0 Å². The number of hydrogen-bond acceptors (Lipinski definition) is 3. The van der Waals surface area contributed by atoms with Crippen LogP contribution in [0.15, 0.2) is 34.3 Å². The predicted molar refractivity (Wildman–Crippen MR) is 60.1 cm³/mol. The number of benzene rings is 1. The second-order valence-electron chi connectivity index (χ2n) is 4.13. The van der Waals surface area contributed by atoms with E-state index in [0.29, 0.717) is 0 Å². The lowest BCUT2D eigenvalue weighted by molar-refractivity contribution is 0.156. The Morgan fingerprint density at radius 1 is 1.13 bits per heavy atom. The van der Waals surface area contributed by atoms with Crippen LogP contribution in [0.2, 0.25) is 0 Å². The predicted octanol–water partition coefficient (Wildman–Crippen LogP) is 0.955.